The van der Waals surface area contributed by atoms with Crippen molar-refractivity contribution < 1.29 is 63.9 Å². The van der Waals surface area contributed by atoms with Gasteiger partial charge >= 0.3 is 5.97 Å². The van der Waals surface area contributed by atoms with Gasteiger partial charge in [-0.2, -0.15) is 0 Å². The predicted octanol–water partition coefficient (Wildman–Crippen LogP) is 1.08. The molecule has 2 saturated heterocycles. The topological polar surface area (TPSA) is 194 Å². The SMILES string of the molecule is COC1C(O)C(OC2CCC3(C)C4CCC5(C)C(C6=CC(=O)OC6)CCC5(O)C4CCC3(O)C2)OC(C)C1OC1OC(C)C(O)C(O)C1O. The van der Waals surface area contributed by atoms with Crippen LogP contribution in [0.25, 0.3) is 0 Å². The van der Waals surface area contributed by atoms with Crippen LogP contribution in [-0.4, -0.2) is 129 Å². The fraction of sp³-hybridized carbons (Fsp3) is 0.917. The van der Waals surface area contributed by atoms with E-state index < -0.39 is 84.1 Å². The Kier molecular flexibility index (Phi) is 9.38. The number of aliphatic hydroxyl groups is 6. The molecule has 278 valence electrons. The average Bonchev–Trinajstić information content (AvgIpc) is 3.60. The number of aliphatic hydroxyl groups excluding tert-OH is 4. The van der Waals surface area contributed by atoms with Gasteiger partial charge in [-0.25, -0.2) is 4.79 Å². The van der Waals surface area contributed by atoms with Gasteiger partial charge in [-0.3, -0.25) is 0 Å². The van der Waals surface area contributed by atoms with Crippen LogP contribution in [0.5, 0.6) is 0 Å². The Labute approximate surface area is 287 Å². The van der Waals surface area contributed by atoms with Gasteiger partial charge in [-0.1, -0.05) is 13.8 Å². The van der Waals surface area contributed by atoms with Crippen molar-refractivity contribution in [2.45, 2.75) is 164 Å². The maximum absolute atomic E-state index is 12.5. The fourth-order valence-electron chi connectivity index (χ4n) is 11.5. The van der Waals surface area contributed by atoms with E-state index in [2.05, 4.69) is 13.8 Å². The smallest absolute Gasteiger partial charge is 0.331 e. The molecule has 49 heavy (non-hydrogen) atoms. The second-order valence-corrected chi connectivity index (χ2v) is 16.7. The molecule has 7 rings (SSSR count). The van der Waals surface area contributed by atoms with Gasteiger partial charge in [0.25, 0.3) is 0 Å². The molecule has 4 aliphatic carbocycles. The summed E-state index contributed by atoms with van der Waals surface area (Å²) in [5, 5.41) is 67.1. The highest BCUT2D eigenvalue weighted by atomic mass is 16.7. The summed E-state index contributed by atoms with van der Waals surface area (Å²) in [6.07, 6.45) is -3.79. The van der Waals surface area contributed by atoms with Crippen LogP contribution in [0.2, 0.25) is 0 Å². The molecule has 3 aliphatic heterocycles. The van der Waals surface area contributed by atoms with Crippen molar-refractivity contribution in [3.8, 4) is 0 Å². The number of esters is 1. The van der Waals surface area contributed by atoms with Gasteiger partial charge in [0.05, 0.1) is 29.5 Å². The zero-order chi connectivity index (χ0) is 35.3. The number of carbonyl (C=O) groups excluding carboxylic acids is 1. The normalized spacial score (nSPS) is 56.0. The predicted molar refractivity (Wildman–Crippen MR) is 170 cm³/mol. The maximum Gasteiger partial charge on any atom is 0.331 e. The molecule has 0 aromatic heterocycles. The first kappa shape index (κ1) is 36.1. The largest absolute Gasteiger partial charge is 0.458 e. The van der Waals surface area contributed by atoms with Crippen LogP contribution in [0.1, 0.15) is 85.5 Å². The van der Waals surface area contributed by atoms with E-state index in [1.54, 1.807) is 19.9 Å². The summed E-state index contributed by atoms with van der Waals surface area (Å²) in [7, 11) is 1.43. The maximum atomic E-state index is 12.5. The van der Waals surface area contributed by atoms with Crippen molar-refractivity contribution >= 4 is 5.97 Å². The molecule has 7 aliphatic rings. The quantitative estimate of drug-likeness (QED) is 0.171. The Morgan fingerprint density at radius 1 is 0.755 bits per heavy atom. The molecular formula is C36H56O13. The standard InChI is InChI=1S/C36H56O13/c1-17-25(38)26(39)27(40)31(46-17)49-29-18(2)47-32(28(41)30(29)44-5)48-20-6-10-33(3)22-7-11-34(4)21(19-14-24(37)45-16-19)9-13-36(34,43)23(22)8-12-35(33,42)15-20/h14,17-18,20-23,25-32,38-43H,6-13,15-16H2,1-5H3. The molecule has 0 amide bonds. The van der Waals surface area contributed by atoms with Gasteiger partial charge in [0, 0.05) is 25.0 Å². The lowest BCUT2D eigenvalue weighted by molar-refractivity contribution is -0.361. The number of cyclic esters (lactones) is 1. The Balaban J connectivity index is 1.02. The molecular weight excluding hydrogens is 640 g/mol. The van der Waals surface area contributed by atoms with Crippen molar-refractivity contribution in [2.75, 3.05) is 13.7 Å². The highest BCUT2D eigenvalue weighted by Gasteiger charge is 2.70. The molecule has 18 unspecified atom stereocenters. The van der Waals surface area contributed by atoms with Crippen LogP contribution in [0.4, 0.5) is 0 Å². The van der Waals surface area contributed by atoms with Crippen molar-refractivity contribution in [2.24, 2.45) is 28.6 Å². The lowest BCUT2D eigenvalue weighted by Gasteiger charge is -2.66. The number of methoxy groups -OCH3 is 1. The summed E-state index contributed by atoms with van der Waals surface area (Å²) in [6, 6.07) is 0. The van der Waals surface area contributed by atoms with Gasteiger partial charge in [0.2, 0.25) is 0 Å². The van der Waals surface area contributed by atoms with E-state index in [1.165, 1.54) is 7.11 Å². The number of hydrogen-bond acceptors (Lipinski definition) is 13. The van der Waals surface area contributed by atoms with Crippen molar-refractivity contribution in [1.29, 1.82) is 0 Å². The first-order valence-electron chi connectivity index (χ1n) is 18.3. The average molecular weight is 697 g/mol. The Morgan fingerprint density at radius 3 is 2.12 bits per heavy atom. The minimum atomic E-state index is -1.52. The first-order chi connectivity index (χ1) is 23.1. The second-order valence-electron chi connectivity index (χ2n) is 16.7. The lowest BCUT2D eigenvalue weighted by atomic mass is 9.42. The zero-order valence-corrected chi connectivity index (χ0v) is 29.3. The summed E-state index contributed by atoms with van der Waals surface area (Å²) in [5.41, 5.74) is -1.70. The Morgan fingerprint density at radius 2 is 1.43 bits per heavy atom. The minimum Gasteiger partial charge on any atom is -0.458 e. The molecule has 13 nitrogen and oxygen atoms in total. The van der Waals surface area contributed by atoms with Gasteiger partial charge < -0.3 is 59.1 Å². The van der Waals surface area contributed by atoms with E-state index in [1.807, 2.05) is 0 Å². The summed E-state index contributed by atoms with van der Waals surface area (Å²) < 4.78 is 35.1. The van der Waals surface area contributed by atoms with Crippen LogP contribution >= 0.6 is 0 Å². The molecule has 0 aromatic rings. The molecule has 18 atom stereocenters. The molecule has 0 aromatic carbocycles. The van der Waals surface area contributed by atoms with Crippen LogP contribution in [0.15, 0.2) is 11.6 Å². The third kappa shape index (κ3) is 5.48. The van der Waals surface area contributed by atoms with Crippen molar-refractivity contribution in [3.63, 3.8) is 0 Å². The van der Waals surface area contributed by atoms with Gasteiger partial charge in [-0.05, 0) is 94.0 Å². The summed E-state index contributed by atoms with van der Waals surface area (Å²) in [5.74, 6) is -0.0164. The second kappa shape index (κ2) is 12.7. The van der Waals surface area contributed by atoms with E-state index >= 15 is 0 Å². The molecule has 6 fully saturated rings. The van der Waals surface area contributed by atoms with Gasteiger partial charge in [0.15, 0.2) is 12.6 Å². The molecule has 0 bridgehead atoms. The van der Waals surface area contributed by atoms with Crippen molar-refractivity contribution in [1.82, 2.24) is 0 Å². The monoisotopic (exact) mass is 696 g/mol. The van der Waals surface area contributed by atoms with Crippen LogP contribution in [-0.2, 0) is 33.2 Å². The molecule has 0 radical (unpaired) electrons. The highest BCUT2D eigenvalue weighted by molar-refractivity contribution is 5.85. The van der Waals surface area contributed by atoms with E-state index in [0.29, 0.717) is 45.1 Å². The number of fused-ring (bicyclic) bond motifs is 5. The zero-order valence-electron chi connectivity index (χ0n) is 29.3. The molecule has 4 saturated carbocycles. The molecule has 13 heteroatoms. The first-order valence-corrected chi connectivity index (χ1v) is 18.3. The minimum absolute atomic E-state index is 0.0420. The highest BCUT2D eigenvalue weighted by Crippen LogP contribution is 2.70. The molecule has 3 heterocycles. The van der Waals surface area contributed by atoms with Gasteiger partial charge in [0.1, 0.15) is 43.2 Å². The van der Waals surface area contributed by atoms with Crippen molar-refractivity contribution in [3.05, 3.63) is 11.6 Å². The van der Waals surface area contributed by atoms with E-state index in [4.69, 9.17) is 28.4 Å². The van der Waals surface area contributed by atoms with Crippen LogP contribution in [0, 0.1) is 28.6 Å². The molecule has 0 spiro atoms. The Hall–Kier alpha value is -1.23. The summed E-state index contributed by atoms with van der Waals surface area (Å²) >= 11 is 0. The number of rotatable bonds is 6. The number of carbonyl (C=O) groups is 1. The van der Waals surface area contributed by atoms with E-state index in [-0.39, 0.29) is 29.1 Å². The Bertz CT molecular complexity index is 1300. The van der Waals surface area contributed by atoms with Gasteiger partial charge in [-0.15, -0.1) is 0 Å². The summed E-state index contributed by atoms with van der Waals surface area (Å²) in [6.45, 7) is 7.98. The van der Waals surface area contributed by atoms with E-state index in [9.17, 15) is 35.4 Å². The third-order valence-corrected chi connectivity index (χ3v) is 14.5. The summed E-state index contributed by atoms with van der Waals surface area (Å²) in [4.78, 5) is 11.9. The fourth-order valence-corrected chi connectivity index (χ4v) is 11.5. The van der Waals surface area contributed by atoms with Crippen LogP contribution < -0.4 is 0 Å². The number of ether oxygens (including phenoxy) is 6. The van der Waals surface area contributed by atoms with Crippen LogP contribution in [0.3, 0.4) is 0 Å². The number of hydrogen-bond donors (Lipinski definition) is 6. The van der Waals surface area contributed by atoms with E-state index in [0.717, 1.165) is 24.8 Å². The molecule has 6 N–H and O–H groups in total. The third-order valence-electron chi connectivity index (χ3n) is 14.5. The lowest BCUT2D eigenvalue weighted by Crippen LogP contribution is -2.68.